The number of benzene rings is 2. The second-order valence-electron chi connectivity index (χ2n) is 16.8. The summed E-state index contributed by atoms with van der Waals surface area (Å²) in [4.78, 5) is 40.6. The molecule has 0 amide bonds. The van der Waals surface area contributed by atoms with Gasteiger partial charge in [-0.3, -0.25) is 9.59 Å². The number of esters is 2. The predicted molar refractivity (Wildman–Crippen MR) is 206 cm³/mol. The maximum absolute atomic E-state index is 11.7. The molecular weight excluding hydrogens is 640 g/mol. The molecule has 0 aliphatic carbocycles. The first-order valence-corrected chi connectivity index (χ1v) is 17.2. The monoisotopic (exact) mass is 696 g/mol. The lowest BCUT2D eigenvalue weighted by molar-refractivity contribution is -0.133. The number of nitrogens with one attached hydrogen (secondary N) is 2. The molecule has 0 saturated heterocycles. The molecule has 0 atom stereocenters. The van der Waals surface area contributed by atoms with Gasteiger partial charge in [0.15, 0.2) is 0 Å². The van der Waals surface area contributed by atoms with Crippen molar-refractivity contribution in [1.82, 2.24) is 19.9 Å². The van der Waals surface area contributed by atoms with Crippen LogP contribution in [0.3, 0.4) is 0 Å². The summed E-state index contributed by atoms with van der Waals surface area (Å²) in [5, 5.41) is 6.53. The van der Waals surface area contributed by atoms with E-state index in [0.29, 0.717) is 23.4 Å². The van der Waals surface area contributed by atoms with Crippen LogP contribution in [-0.4, -0.2) is 31.9 Å². The summed E-state index contributed by atoms with van der Waals surface area (Å²) in [6.45, 7) is 30.0. The minimum Gasteiger partial charge on any atom is -0.426 e. The average Bonchev–Trinajstić information content (AvgIpc) is 2.96. The summed E-state index contributed by atoms with van der Waals surface area (Å²) in [6.07, 6.45) is 5.11. The highest BCUT2D eigenvalue weighted by atomic mass is 16.5. The molecule has 0 saturated carbocycles. The quantitative estimate of drug-likeness (QED) is 0.148. The largest absolute Gasteiger partial charge is 0.426 e. The number of carbonyl (C=O) groups excluding carboxylic acids is 2. The van der Waals surface area contributed by atoms with Gasteiger partial charge >= 0.3 is 11.9 Å². The molecule has 4 aromatic rings. The zero-order valence-electron chi connectivity index (χ0n) is 33.1. The third-order valence-electron chi connectivity index (χ3n) is 7.77. The molecule has 2 N–H and O–H groups in total. The number of nitrogens with zero attached hydrogens (tertiary/aromatic N) is 4. The van der Waals surface area contributed by atoms with Gasteiger partial charge in [0.2, 0.25) is 11.9 Å². The smallest absolute Gasteiger partial charge is 0.308 e. The number of rotatable bonds is 6. The van der Waals surface area contributed by atoms with Crippen LogP contribution >= 0.6 is 0 Å². The molecular formula is C41H56N6O4. The van der Waals surface area contributed by atoms with E-state index in [9.17, 15) is 9.59 Å². The first kappa shape index (κ1) is 40.6. The highest BCUT2D eigenvalue weighted by Crippen LogP contribution is 2.44. The molecule has 0 bridgehead atoms. The Bertz CT molecular complexity index is 1770. The number of carbonyl (C=O) groups is 2. The van der Waals surface area contributed by atoms with E-state index in [1.54, 1.807) is 24.7 Å². The molecule has 0 aliphatic rings. The van der Waals surface area contributed by atoms with Crippen LogP contribution in [0.4, 0.5) is 23.3 Å². The highest BCUT2D eigenvalue weighted by Gasteiger charge is 2.30. The van der Waals surface area contributed by atoms with Gasteiger partial charge in [-0.25, -0.2) is 19.9 Å². The number of ether oxygens (including phenoxy) is 2. The van der Waals surface area contributed by atoms with Gasteiger partial charge in [-0.15, -0.1) is 0 Å². The molecule has 0 spiro atoms. The van der Waals surface area contributed by atoms with Crippen molar-refractivity contribution in [3.8, 4) is 11.5 Å². The Labute approximate surface area is 304 Å². The van der Waals surface area contributed by atoms with Crippen LogP contribution in [0.5, 0.6) is 11.5 Å². The number of anilines is 4. The third-order valence-corrected chi connectivity index (χ3v) is 7.77. The fourth-order valence-corrected chi connectivity index (χ4v) is 5.27. The van der Waals surface area contributed by atoms with Crippen molar-refractivity contribution in [2.45, 2.75) is 126 Å². The Balaban J connectivity index is 0.000000276. The van der Waals surface area contributed by atoms with Gasteiger partial charge in [0, 0.05) is 71.8 Å². The molecule has 51 heavy (non-hydrogen) atoms. The fraction of sp³-hybridized carbons (Fsp3) is 0.463. The van der Waals surface area contributed by atoms with Crippen LogP contribution in [0.15, 0.2) is 55.0 Å². The first-order chi connectivity index (χ1) is 23.4. The minimum absolute atomic E-state index is 0.194. The average molecular weight is 697 g/mol. The Morgan fingerprint density at radius 3 is 1.20 bits per heavy atom. The van der Waals surface area contributed by atoms with Crippen molar-refractivity contribution in [3.05, 3.63) is 82.9 Å². The number of aromatic nitrogens is 4. The summed E-state index contributed by atoms with van der Waals surface area (Å²) in [7, 11) is 0. The summed E-state index contributed by atoms with van der Waals surface area (Å²) in [5.74, 6) is 1.74. The minimum atomic E-state index is -0.317. The van der Waals surface area contributed by atoms with Crippen LogP contribution in [-0.2, 0) is 31.2 Å². The molecule has 0 radical (unpaired) electrons. The molecule has 274 valence electrons. The lowest BCUT2D eigenvalue weighted by Crippen LogP contribution is -2.21. The molecule has 0 unspecified atom stereocenters. The van der Waals surface area contributed by atoms with Gasteiger partial charge in [0.05, 0.1) is 0 Å². The lowest BCUT2D eigenvalue weighted by Gasteiger charge is -2.30. The summed E-state index contributed by atoms with van der Waals surface area (Å²) in [5.41, 5.74) is 5.73. The van der Waals surface area contributed by atoms with Crippen molar-refractivity contribution in [3.63, 3.8) is 0 Å². The number of aryl methyl sites for hydroxylation is 1. The normalized spacial score (nSPS) is 12.0. The van der Waals surface area contributed by atoms with Crippen LogP contribution in [0.25, 0.3) is 0 Å². The van der Waals surface area contributed by atoms with Crippen molar-refractivity contribution in [2.75, 3.05) is 10.6 Å². The van der Waals surface area contributed by atoms with Crippen LogP contribution in [0.1, 0.15) is 125 Å². The number of hydrogen-bond donors (Lipinski definition) is 2. The van der Waals surface area contributed by atoms with Gasteiger partial charge in [-0.1, -0.05) is 83.1 Å². The van der Waals surface area contributed by atoms with E-state index < -0.39 is 0 Å². The Kier molecular flexibility index (Phi) is 12.4. The van der Waals surface area contributed by atoms with Crippen molar-refractivity contribution in [1.29, 1.82) is 0 Å². The maximum atomic E-state index is 11.7. The van der Waals surface area contributed by atoms with Crippen molar-refractivity contribution >= 4 is 35.2 Å². The zero-order chi connectivity index (χ0) is 38.5. The van der Waals surface area contributed by atoms with E-state index in [-0.39, 0.29) is 33.6 Å². The third kappa shape index (κ3) is 11.6. The summed E-state index contributed by atoms with van der Waals surface area (Å²) >= 11 is 0. The predicted octanol–water partition coefficient (Wildman–Crippen LogP) is 9.79. The van der Waals surface area contributed by atoms with Gasteiger partial charge in [0.25, 0.3) is 0 Å². The van der Waals surface area contributed by atoms with E-state index in [4.69, 9.17) is 9.47 Å². The molecule has 10 heteroatoms. The van der Waals surface area contributed by atoms with Crippen LogP contribution in [0, 0.1) is 6.92 Å². The highest BCUT2D eigenvalue weighted by molar-refractivity contribution is 5.74. The summed E-state index contributed by atoms with van der Waals surface area (Å²) in [6, 6.07) is 11.7. The molecule has 0 aliphatic heterocycles. The first-order valence-electron chi connectivity index (χ1n) is 17.2. The Morgan fingerprint density at radius 2 is 0.882 bits per heavy atom. The van der Waals surface area contributed by atoms with Gasteiger partial charge < -0.3 is 20.1 Å². The molecule has 4 rings (SSSR count). The molecule has 0 fully saturated rings. The fourth-order valence-electron chi connectivity index (χ4n) is 5.27. The molecule has 2 heterocycles. The van der Waals surface area contributed by atoms with E-state index in [1.807, 2.05) is 37.3 Å². The van der Waals surface area contributed by atoms with Crippen LogP contribution < -0.4 is 20.1 Å². The van der Waals surface area contributed by atoms with Crippen molar-refractivity contribution < 1.29 is 19.1 Å². The van der Waals surface area contributed by atoms with Gasteiger partial charge in [-0.2, -0.15) is 0 Å². The van der Waals surface area contributed by atoms with E-state index in [1.165, 1.54) is 13.8 Å². The lowest BCUT2D eigenvalue weighted by atomic mass is 9.79. The standard InChI is InChI=1S/C21H29N3O2.C20H27N3O2/c1-13-9-10-22-19(23-13)24-15-11-16(20(3,4)5)18(26-14(2)25)17(12-15)21(6,7)8;1-13(24)25-17-15(19(2,3)4)11-14(12-16(17)20(5,6)7)23-18-21-9-8-10-22-18/h9-12H,1-8H3,(H,22,23,24);8-12H,1-7H3,(H,21,22,23). The molecule has 10 nitrogen and oxygen atoms in total. The second-order valence-corrected chi connectivity index (χ2v) is 16.8. The zero-order valence-corrected chi connectivity index (χ0v) is 33.1. The van der Waals surface area contributed by atoms with Gasteiger partial charge in [0.1, 0.15) is 11.5 Å². The molecule has 2 aromatic heterocycles. The van der Waals surface area contributed by atoms with Crippen molar-refractivity contribution in [2.24, 2.45) is 0 Å². The topological polar surface area (TPSA) is 128 Å². The van der Waals surface area contributed by atoms with E-state index in [2.05, 4.69) is 114 Å². The molecule has 2 aromatic carbocycles. The maximum Gasteiger partial charge on any atom is 0.308 e. The SMILES string of the molecule is CC(=O)Oc1c(C(C)(C)C)cc(Nc2nccc(C)n2)cc1C(C)(C)C.CC(=O)Oc1c(C(C)(C)C)cc(Nc2ncccn2)cc1C(C)(C)C. The summed E-state index contributed by atoms with van der Waals surface area (Å²) < 4.78 is 11.3. The van der Waals surface area contributed by atoms with E-state index in [0.717, 1.165) is 39.3 Å². The van der Waals surface area contributed by atoms with E-state index >= 15 is 0 Å². The Morgan fingerprint density at radius 1 is 0.549 bits per heavy atom. The Hall–Kier alpha value is -4.86. The van der Waals surface area contributed by atoms with Gasteiger partial charge in [-0.05, 0) is 65.0 Å². The second kappa shape index (κ2) is 15.6. The van der Waals surface area contributed by atoms with Crippen LogP contribution in [0.2, 0.25) is 0 Å². The number of hydrogen-bond acceptors (Lipinski definition) is 10.